The molecule has 1 saturated carbocycles. The van der Waals surface area contributed by atoms with Gasteiger partial charge >= 0.3 is 0 Å². The van der Waals surface area contributed by atoms with Crippen molar-refractivity contribution in [1.29, 1.82) is 0 Å². The first-order chi connectivity index (χ1) is 12.1. The van der Waals surface area contributed by atoms with E-state index >= 15 is 0 Å². The number of piperidine rings is 1. The van der Waals surface area contributed by atoms with Crippen molar-refractivity contribution < 1.29 is 9.53 Å². The largest absolute Gasteiger partial charge is 0.375 e. The van der Waals surface area contributed by atoms with Gasteiger partial charge in [0, 0.05) is 43.6 Å². The van der Waals surface area contributed by atoms with Gasteiger partial charge < -0.3 is 10.1 Å². The molecule has 0 aromatic carbocycles. The number of nitrogens with one attached hydrogen (secondary N) is 1. The number of carbonyl (C=O) groups excluding carboxylic acids is 1. The van der Waals surface area contributed by atoms with Crippen LogP contribution in [-0.4, -0.2) is 42.1 Å². The van der Waals surface area contributed by atoms with Crippen LogP contribution in [0.4, 0.5) is 0 Å². The number of rotatable bonds is 5. The Hall–Kier alpha value is -0.910. The van der Waals surface area contributed by atoms with E-state index in [1.54, 1.807) is 0 Å². The van der Waals surface area contributed by atoms with Crippen LogP contribution in [0.5, 0.6) is 0 Å². The number of amides is 1. The highest BCUT2D eigenvalue weighted by molar-refractivity contribution is 7.10. The van der Waals surface area contributed by atoms with E-state index in [1.807, 2.05) is 11.3 Å². The van der Waals surface area contributed by atoms with Gasteiger partial charge in [-0.05, 0) is 68.4 Å². The van der Waals surface area contributed by atoms with E-state index in [0.717, 1.165) is 51.9 Å². The first-order valence-corrected chi connectivity index (χ1v) is 10.7. The van der Waals surface area contributed by atoms with Crippen LogP contribution in [0.2, 0.25) is 0 Å². The number of thiophene rings is 1. The summed E-state index contributed by atoms with van der Waals surface area (Å²) in [6, 6.07) is 2.69. The average molecular weight is 363 g/mol. The lowest BCUT2D eigenvalue weighted by Crippen LogP contribution is -2.49. The minimum atomic E-state index is 0.0315. The Labute approximate surface area is 154 Å². The Morgan fingerprint density at radius 3 is 2.84 bits per heavy atom. The van der Waals surface area contributed by atoms with Crippen molar-refractivity contribution in [3.05, 3.63) is 21.9 Å². The normalized spacial score (nSPS) is 26.7. The molecule has 1 amide bonds. The second-order valence-electron chi connectivity index (χ2n) is 8.24. The Bertz CT molecular complexity index is 603. The minimum absolute atomic E-state index is 0.0315. The van der Waals surface area contributed by atoms with Crippen molar-refractivity contribution in [2.75, 3.05) is 19.7 Å². The van der Waals surface area contributed by atoms with Gasteiger partial charge in [0.1, 0.15) is 0 Å². The Morgan fingerprint density at radius 1 is 1.36 bits per heavy atom. The van der Waals surface area contributed by atoms with Crippen molar-refractivity contribution in [2.24, 2.45) is 5.92 Å². The third kappa shape index (κ3) is 4.44. The van der Waals surface area contributed by atoms with Gasteiger partial charge in [-0.15, -0.1) is 11.3 Å². The summed E-state index contributed by atoms with van der Waals surface area (Å²) in [5.41, 5.74) is 1.45. The van der Waals surface area contributed by atoms with Crippen molar-refractivity contribution in [2.45, 2.75) is 70.1 Å². The Balaban J connectivity index is 1.27. The summed E-state index contributed by atoms with van der Waals surface area (Å²) in [6.07, 6.45) is 7.36. The Kier molecular flexibility index (Phi) is 5.16. The number of carbonyl (C=O) groups is 1. The van der Waals surface area contributed by atoms with E-state index in [0.29, 0.717) is 18.4 Å². The van der Waals surface area contributed by atoms with Crippen molar-refractivity contribution in [3.8, 4) is 0 Å². The molecule has 0 radical (unpaired) electrons. The van der Waals surface area contributed by atoms with Gasteiger partial charge in [0.05, 0.1) is 5.60 Å². The molecule has 3 heterocycles. The van der Waals surface area contributed by atoms with Crippen molar-refractivity contribution in [1.82, 2.24) is 10.2 Å². The average Bonchev–Trinajstić information content (AvgIpc) is 3.31. The van der Waals surface area contributed by atoms with Crippen LogP contribution in [0, 0.1) is 12.8 Å². The van der Waals surface area contributed by atoms with Crippen LogP contribution in [0.15, 0.2) is 11.4 Å². The topological polar surface area (TPSA) is 41.6 Å². The lowest BCUT2D eigenvalue weighted by molar-refractivity contribution is -0.136. The molecule has 4 rings (SSSR count). The fourth-order valence-electron chi connectivity index (χ4n) is 4.32. The highest BCUT2D eigenvalue weighted by Crippen LogP contribution is 2.39. The summed E-state index contributed by atoms with van der Waals surface area (Å²) >= 11 is 1.87. The minimum Gasteiger partial charge on any atom is -0.375 e. The fourth-order valence-corrected chi connectivity index (χ4v) is 5.26. The number of likely N-dealkylation sites (tertiary alicyclic amines) is 1. The van der Waals surface area contributed by atoms with Gasteiger partial charge in [0.25, 0.3) is 0 Å². The first-order valence-electron chi connectivity index (χ1n) is 9.81. The van der Waals surface area contributed by atoms with E-state index in [9.17, 15) is 4.79 Å². The third-order valence-electron chi connectivity index (χ3n) is 6.11. The first kappa shape index (κ1) is 17.5. The van der Waals surface area contributed by atoms with Crippen LogP contribution >= 0.6 is 11.3 Å². The zero-order valence-electron chi connectivity index (χ0n) is 15.3. The van der Waals surface area contributed by atoms with Gasteiger partial charge in [-0.3, -0.25) is 9.69 Å². The highest BCUT2D eigenvalue weighted by Gasteiger charge is 2.41. The maximum atomic E-state index is 12.1. The lowest BCUT2D eigenvalue weighted by atomic mass is 9.78. The van der Waals surface area contributed by atoms with Gasteiger partial charge in [-0.25, -0.2) is 0 Å². The molecular weight excluding hydrogens is 332 g/mol. The van der Waals surface area contributed by atoms with Gasteiger partial charge in [-0.2, -0.15) is 0 Å². The number of hydrogen-bond acceptors (Lipinski definition) is 4. The molecule has 0 bridgehead atoms. The SMILES string of the molecule is Cc1ccsc1CN1CCC2(CC1)CC(CC(=O)NC1CC1)CCO2. The number of hydrogen-bond donors (Lipinski definition) is 1. The second kappa shape index (κ2) is 7.37. The van der Waals surface area contributed by atoms with Crippen molar-refractivity contribution in [3.63, 3.8) is 0 Å². The molecule has 1 aliphatic carbocycles. The molecule has 5 heteroatoms. The highest BCUT2D eigenvalue weighted by atomic mass is 32.1. The van der Waals surface area contributed by atoms with Crippen LogP contribution in [0.1, 0.15) is 55.4 Å². The summed E-state index contributed by atoms with van der Waals surface area (Å²) in [6.45, 7) is 6.33. The molecular formula is C20H30N2O2S. The van der Waals surface area contributed by atoms with Crippen molar-refractivity contribution >= 4 is 17.2 Å². The molecule has 138 valence electrons. The van der Waals surface area contributed by atoms with Gasteiger partial charge in [0.15, 0.2) is 0 Å². The maximum absolute atomic E-state index is 12.1. The molecule has 1 aromatic rings. The van der Waals surface area contributed by atoms with Crippen LogP contribution in [-0.2, 0) is 16.1 Å². The van der Waals surface area contributed by atoms with E-state index in [1.165, 1.54) is 23.3 Å². The fraction of sp³-hybridized carbons (Fsp3) is 0.750. The summed E-state index contributed by atoms with van der Waals surface area (Å²) in [7, 11) is 0. The quantitative estimate of drug-likeness (QED) is 0.872. The summed E-state index contributed by atoms with van der Waals surface area (Å²) < 4.78 is 6.26. The lowest BCUT2D eigenvalue weighted by Gasteiger charge is -2.46. The number of aryl methyl sites for hydroxylation is 1. The van der Waals surface area contributed by atoms with E-state index in [-0.39, 0.29) is 11.5 Å². The smallest absolute Gasteiger partial charge is 0.220 e. The van der Waals surface area contributed by atoms with Crippen LogP contribution < -0.4 is 5.32 Å². The number of ether oxygens (including phenoxy) is 1. The molecule has 1 aromatic heterocycles. The third-order valence-corrected chi connectivity index (χ3v) is 7.12. The zero-order valence-corrected chi connectivity index (χ0v) is 16.1. The zero-order chi connectivity index (χ0) is 17.3. The molecule has 2 aliphatic heterocycles. The molecule has 4 nitrogen and oxygen atoms in total. The predicted molar refractivity (Wildman–Crippen MR) is 101 cm³/mol. The second-order valence-corrected chi connectivity index (χ2v) is 9.24. The van der Waals surface area contributed by atoms with E-state index < -0.39 is 0 Å². The van der Waals surface area contributed by atoms with Crippen LogP contribution in [0.25, 0.3) is 0 Å². The molecule has 1 unspecified atom stereocenters. The number of nitrogens with zero attached hydrogens (tertiary/aromatic N) is 1. The molecule has 25 heavy (non-hydrogen) atoms. The standard InChI is InChI=1S/C20H30N2O2S/c1-15-5-11-25-18(15)14-22-8-6-20(7-9-22)13-16(4-10-24-20)12-19(23)21-17-2-3-17/h5,11,16-17H,2-4,6-10,12-14H2,1H3,(H,21,23). The van der Waals surface area contributed by atoms with Gasteiger partial charge in [-0.1, -0.05) is 0 Å². The monoisotopic (exact) mass is 362 g/mol. The summed E-state index contributed by atoms with van der Waals surface area (Å²) in [5, 5.41) is 5.33. The summed E-state index contributed by atoms with van der Waals surface area (Å²) in [4.78, 5) is 16.2. The molecule has 1 spiro atoms. The van der Waals surface area contributed by atoms with Crippen LogP contribution in [0.3, 0.4) is 0 Å². The molecule has 1 atom stereocenters. The maximum Gasteiger partial charge on any atom is 0.220 e. The molecule has 3 fully saturated rings. The summed E-state index contributed by atoms with van der Waals surface area (Å²) in [5.74, 6) is 0.758. The Morgan fingerprint density at radius 2 is 2.16 bits per heavy atom. The van der Waals surface area contributed by atoms with E-state index in [4.69, 9.17) is 4.74 Å². The molecule has 1 N–H and O–H groups in total. The molecule has 3 aliphatic rings. The van der Waals surface area contributed by atoms with Gasteiger partial charge in [0.2, 0.25) is 5.91 Å². The predicted octanol–water partition coefficient (Wildman–Crippen LogP) is 3.49. The van der Waals surface area contributed by atoms with E-state index in [2.05, 4.69) is 28.6 Å². The molecule has 2 saturated heterocycles.